The van der Waals surface area contributed by atoms with Crippen LogP contribution in [0.1, 0.15) is 22.3 Å². The average Bonchev–Trinajstić information content (AvgIpc) is 2.66. The molecule has 138 valence electrons. The van der Waals surface area contributed by atoms with Gasteiger partial charge in [-0.2, -0.15) is 0 Å². The van der Waals surface area contributed by atoms with E-state index < -0.39 is 5.97 Å². The van der Waals surface area contributed by atoms with Crippen molar-refractivity contribution in [3.8, 4) is 5.75 Å². The summed E-state index contributed by atoms with van der Waals surface area (Å²) in [5.74, 6) is 0.119. The topological polar surface area (TPSA) is 76.7 Å². The predicted molar refractivity (Wildman–Crippen MR) is 101 cm³/mol. The summed E-state index contributed by atoms with van der Waals surface area (Å²) in [5, 5.41) is 6.27. The Bertz CT molecular complexity index is 763. The van der Waals surface area contributed by atoms with Crippen molar-refractivity contribution in [3.05, 3.63) is 58.6 Å². The van der Waals surface area contributed by atoms with Crippen molar-refractivity contribution in [1.29, 1.82) is 0 Å². The lowest BCUT2D eigenvalue weighted by Gasteiger charge is -2.10. The minimum absolute atomic E-state index is 0.198. The Hall–Kier alpha value is -2.57. The molecule has 6 nitrogen and oxygen atoms in total. The van der Waals surface area contributed by atoms with Crippen LogP contribution in [0.25, 0.3) is 0 Å². The minimum atomic E-state index is -0.488. The maximum absolute atomic E-state index is 12.1. The summed E-state index contributed by atoms with van der Waals surface area (Å²) in [5.41, 5.74) is 1.81. The standard InChI is InChI=1S/C19H21ClN2O4/c1-25-15-6-3-13(4-7-15)12-21-10-9-18(23)22-17-11-14(19(24)26-2)5-8-16(17)20/h3-8,11,21H,9-10,12H2,1-2H3,(H,22,23). The number of rotatable bonds is 8. The largest absolute Gasteiger partial charge is 0.497 e. The van der Waals surface area contributed by atoms with Crippen molar-refractivity contribution < 1.29 is 19.1 Å². The lowest BCUT2D eigenvalue weighted by atomic mass is 10.2. The van der Waals surface area contributed by atoms with E-state index in [0.717, 1.165) is 11.3 Å². The SMILES string of the molecule is COC(=O)c1ccc(Cl)c(NC(=O)CCNCc2ccc(OC)cc2)c1. The monoisotopic (exact) mass is 376 g/mol. The highest BCUT2D eigenvalue weighted by atomic mass is 35.5. The van der Waals surface area contributed by atoms with Gasteiger partial charge in [0.1, 0.15) is 5.75 Å². The number of hydrogen-bond acceptors (Lipinski definition) is 5. The smallest absolute Gasteiger partial charge is 0.337 e. The van der Waals surface area contributed by atoms with E-state index in [1.54, 1.807) is 19.2 Å². The molecular formula is C19H21ClN2O4. The van der Waals surface area contributed by atoms with Gasteiger partial charge < -0.3 is 20.1 Å². The first-order chi connectivity index (χ1) is 12.5. The van der Waals surface area contributed by atoms with Crippen molar-refractivity contribution in [2.24, 2.45) is 0 Å². The van der Waals surface area contributed by atoms with Crippen LogP contribution < -0.4 is 15.4 Å². The van der Waals surface area contributed by atoms with Crippen molar-refractivity contribution in [2.45, 2.75) is 13.0 Å². The lowest BCUT2D eigenvalue weighted by Crippen LogP contribution is -2.21. The van der Waals surface area contributed by atoms with Gasteiger partial charge in [-0.3, -0.25) is 4.79 Å². The fraction of sp³-hybridized carbons (Fsp3) is 0.263. The van der Waals surface area contributed by atoms with E-state index >= 15 is 0 Å². The second-order valence-electron chi connectivity index (χ2n) is 5.51. The molecule has 2 N–H and O–H groups in total. The van der Waals surface area contributed by atoms with Gasteiger partial charge in [-0.25, -0.2) is 4.79 Å². The van der Waals surface area contributed by atoms with Crippen LogP contribution in [0.2, 0.25) is 5.02 Å². The quantitative estimate of drug-likeness (QED) is 0.546. The Balaban J connectivity index is 1.80. The van der Waals surface area contributed by atoms with Gasteiger partial charge in [-0.05, 0) is 35.9 Å². The van der Waals surface area contributed by atoms with Crippen LogP contribution in [0.3, 0.4) is 0 Å². The van der Waals surface area contributed by atoms with Crippen LogP contribution in [0, 0.1) is 0 Å². The summed E-state index contributed by atoms with van der Waals surface area (Å²) in [6.07, 6.45) is 0.273. The molecule has 0 saturated carbocycles. The third kappa shape index (κ3) is 5.75. The summed E-state index contributed by atoms with van der Waals surface area (Å²) in [6, 6.07) is 12.3. The van der Waals surface area contributed by atoms with Gasteiger partial charge in [0, 0.05) is 19.5 Å². The van der Waals surface area contributed by atoms with Crippen LogP contribution in [0.5, 0.6) is 5.75 Å². The van der Waals surface area contributed by atoms with Gasteiger partial charge in [0.15, 0.2) is 0 Å². The van der Waals surface area contributed by atoms with Crippen LogP contribution in [0.15, 0.2) is 42.5 Å². The van der Waals surface area contributed by atoms with E-state index in [9.17, 15) is 9.59 Å². The fourth-order valence-electron chi connectivity index (χ4n) is 2.26. The summed E-state index contributed by atoms with van der Waals surface area (Å²) >= 11 is 6.06. The molecule has 0 aliphatic carbocycles. The first-order valence-electron chi connectivity index (χ1n) is 8.05. The Morgan fingerprint density at radius 1 is 1.08 bits per heavy atom. The molecule has 0 unspecified atom stereocenters. The molecule has 0 aromatic heterocycles. The number of nitrogens with one attached hydrogen (secondary N) is 2. The molecule has 7 heteroatoms. The van der Waals surface area contributed by atoms with Crippen molar-refractivity contribution in [3.63, 3.8) is 0 Å². The van der Waals surface area contributed by atoms with E-state index in [1.807, 2.05) is 24.3 Å². The minimum Gasteiger partial charge on any atom is -0.497 e. The summed E-state index contributed by atoms with van der Waals surface area (Å²) in [4.78, 5) is 23.6. The average molecular weight is 377 g/mol. The third-order valence-electron chi connectivity index (χ3n) is 3.68. The Morgan fingerprint density at radius 2 is 1.81 bits per heavy atom. The molecule has 0 heterocycles. The lowest BCUT2D eigenvalue weighted by molar-refractivity contribution is -0.116. The molecule has 0 radical (unpaired) electrons. The third-order valence-corrected chi connectivity index (χ3v) is 4.01. The van der Waals surface area contributed by atoms with Crippen molar-refractivity contribution in [1.82, 2.24) is 5.32 Å². The fourth-order valence-corrected chi connectivity index (χ4v) is 2.42. The molecule has 26 heavy (non-hydrogen) atoms. The van der Waals surface area contributed by atoms with Gasteiger partial charge in [-0.15, -0.1) is 0 Å². The molecule has 2 aromatic carbocycles. The number of benzene rings is 2. The molecule has 2 rings (SSSR count). The Labute approximate surface area is 157 Å². The molecule has 0 bridgehead atoms. The number of carbonyl (C=O) groups is 2. The second-order valence-corrected chi connectivity index (χ2v) is 5.92. The number of carbonyl (C=O) groups excluding carboxylic acids is 2. The summed E-state index contributed by atoms with van der Waals surface area (Å²) < 4.78 is 9.77. The molecule has 2 aromatic rings. The van der Waals surface area contributed by atoms with E-state index in [0.29, 0.717) is 29.4 Å². The Kier molecular flexibility index (Phi) is 7.44. The normalized spacial score (nSPS) is 10.3. The first kappa shape index (κ1) is 19.8. The van der Waals surface area contributed by atoms with Gasteiger partial charge in [0.2, 0.25) is 5.91 Å². The highest BCUT2D eigenvalue weighted by molar-refractivity contribution is 6.33. The zero-order chi connectivity index (χ0) is 18.9. The molecule has 0 fully saturated rings. The number of amides is 1. The van der Waals surface area contributed by atoms with E-state index in [4.69, 9.17) is 16.3 Å². The molecule has 0 aliphatic heterocycles. The van der Waals surface area contributed by atoms with Gasteiger partial charge in [0.05, 0.1) is 30.5 Å². The van der Waals surface area contributed by atoms with Crippen molar-refractivity contribution in [2.75, 3.05) is 26.1 Å². The highest BCUT2D eigenvalue weighted by Gasteiger charge is 2.11. The molecule has 0 saturated heterocycles. The van der Waals surface area contributed by atoms with E-state index in [1.165, 1.54) is 13.2 Å². The number of anilines is 1. The van der Waals surface area contributed by atoms with Gasteiger partial charge >= 0.3 is 5.97 Å². The van der Waals surface area contributed by atoms with E-state index in [2.05, 4.69) is 15.4 Å². The van der Waals surface area contributed by atoms with Crippen LogP contribution in [-0.4, -0.2) is 32.6 Å². The predicted octanol–water partition coefficient (Wildman–Crippen LogP) is 3.25. The number of halogens is 1. The Morgan fingerprint density at radius 3 is 2.46 bits per heavy atom. The van der Waals surface area contributed by atoms with Gasteiger partial charge in [0.25, 0.3) is 0 Å². The van der Waals surface area contributed by atoms with Crippen LogP contribution in [0.4, 0.5) is 5.69 Å². The molecular weight excluding hydrogens is 356 g/mol. The maximum Gasteiger partial charge on any atom is 0.337 e. The van der Waals surface area contributed by atoms with Gasteiger partial charge in [-0.1, -0.05) is 23.7 Å². The summed E-state index contributed by atoms with van der Waals surface area (Å²) in [7, 11) is 2.92. The zero-order valence-electron chi connectivity index (χ0n) is 14.7. The van der Waals surface area contributed by atoms with Crippen LogP contribution in [-0.2, 0) is 16.1 Å². The molecule has 0 spiro atoms. The van der Waals surface area contributed by atoms with Crippen molar-refractivity contribution >= 4 is 29.2 Å². The second kappa shape index (κ2) is 9.79. The maximum atomic E-state index is 12.1. The highest BCUT2D eigenvalue weighted by Crippen LogP contribution is 2.23. The zero-order valence-corrected chi connectivity index (χ0v) is 15.4. The van der Waals surface area contributed by atoms with Crippen LogP contribution >= 0.6 is 11.6 Å². The summed E-state index contributed by atoms with van der Waals surface area (Å²) in [6.45, 7) is 1.15. The first-order valence-corrected chi connectivity index (χ1v) is 8.42. The molecule has 1 amide bonds. The molecule has 0 aliphatic rings. The number of methoxy groups -OCH3 is 2. The number of hydrogen-bond donors (Lipinski definition) is 2. The molecule has 0 atom stereocenters. The number of esters is 1. The van der Waals surface area contributed by atoms with E-state index in [-0.39, 0.29) is 12.3 Å². The number of ether oxygens (including phenoxy) is 2.